The van der Waals surface area contributed by atoms with E-state index < -0.39 is 0 Å². The molecule has 0 aliphatic heterocycles. The summed E-state index contributed by atoms with van der Waals surface area (Å²) in [6.45, 7) is 4.05. The third kappa shape index (κ3) is 8.44. The van der Waals surface area contributed by atoms with Gasteiger partial charge in [0.15, 0.2) is 5.05 Å². The lowest BCUT2D eigenvalue weighted by molar-refractivity contribution is 0.167. The van der Waals surface area contributed by atoms with Gasteiger partial charge in [-0.1, -0.05) is 32.2 Å². The smallest absolute Gasteiger partial charge is 0.157 e. The number of thiocarbonyl (C=S) groups is 1. The summed E-state index contributed by atoms with van der Waals surface area (Å²) in [5.74, 6) is 0. The Kier molecular flexibility index (Phi) is 8.77. The molecule has 0 N–H and O–H groups in total. The van der Waals surface area contributed by atoms with Gasteiger partial charge >= 0.3 is 0 Å². The third-order valence-electron chi connectivity index (χ3n) is 1.92. The van der Waals surface area contributed by atoms with Gasteiger partial charge in [-0.15, -0.1) is 0 Å². The van der Waals surface area contributed by atoms with Gasteiger partial charge in [0.25, 0.3) is 0 Å². The van der Waals surface area contributed by atoms with Crippen LogP contribution in [0.5, 0.6) is 0 Å². The lowest BCUT2D eigenvalue weighted by Crippen LogP contribution is -2.15. The van der Waals surface area contributed by atoms with Gasteiger partial charge in [-0.25, -0.2) is 0 Å². The van der Waals surface area contributed by atoms with Crippen molar-refractivity contribution in [2.45, 2.75) is 58.1 Å². The van der Waals surface area contributed by atoms with Gasteiger partial charge in [0.05, 0.1) is 6.10 Å². The molecule has 0 heterocycles. The van der Waals surface area contributed by atoms with Gasteiger partial charge in [-0.3, -0.25) is 0 Å². The Morgan fingerprint density at radius 1 is 1.38 bits per heavy atom. The first-order valence-corrected chi connectivity index (χ1v) is 6.14. The SMILES string of the molecule is CCCCC(CCC[Si])OC(C)=S. The molecule has 0 saturated carbocycles. The van der Waals surface area contributed by atoms with Crippen molar-refractivity contribution in [3.63, 3.8) is 0 Å². The van der Waals surface area contributed by atoms with Crippen molar-refractivity contribution in [3.05, 3.63) is 0 Å². The molecule has 75 valence electrons. The molecule has 0 aromatic rings. The summed E-state index contributed by atoms with van der Waals surface area (Å²) in [5, 5.41) is 0.676. The fourth-order valence-electron chi connectivity index (χ4n) is 1.26. The van der Waals surface area contributed by atoms with E-state index in [-0.39, 0.29) is 0 Å². The van der Waals surface area contributed by atoms with E-state index >= 15 is 0 Å². The highest BCUT2D eigenvalue weighted by atomic mass is 32.1. The Balaban J connectivity index is 3.66. The summed E-state index contributed by atoms with van der Waals surface area (Å²) >= 11 is 4.94. The van der Waals surface area contributed by atoms with Crippen molar-refractivity contribution < 1.29 is 4.74 Å². The zero-order valence-corrected chi connectivity index (χ0v) is 10.5. The van der Waals surface area contributed by atoms with Gasteiger partial charge in [-0.2, -0.15) is 0 Å². The number of unbranched alkanes of at least 4 members (excludes halogenated alkanes) is 1. The molecule has 3 heteroatoms. The first-order chi connectivity index (χ1) is 6.20. The molecule has 0 amide bonds. The predicted molar refractivity (Wildman–Crippen MR) is 62.5 cm³/mol. The van der Waals surface area contributed by atoms with Crippen LogP contribution in [0.1, 0.15) is 46.0 Å². The Morgan fingerprint density at radius 2 is 2.00 bits per heavy atom. The van der Waals surface area contributed by atoms with Crippen LogP contribution in [-0.4, -0.2) is 21.4 Å². The molecule has 0 aromatic heterocycles. The molecule has 0 rings (SSSR count). The van der Waals surface area contributed by atoms with Crippen LogP contribution in [0.15, 0.2) is 0 Å². The lowest BCUT2D eigenvalue weighted by Gasteiger charge is -2.17. The van der Waals surface area contributed by atoms with Crippen molar-refractivity contribution in [3.8, 4) is 0 Å². The molecule has 0 aliphatic rings. The molecule has 0 aromatic carbocycles. The first-order valence-electron chi connectivity index (χ1n) is 5.02. The predicted octanol–water partition coefficient (Wildman–Crippen LogP) is 3.28. The van der Waals surface area contributed by atoms with E-state index in [0.717, 1.165) is 25.3 Å². The fourth-order valence-corrected chi connectivity index (χ4v) is 1.60. The van der Waals surface area contributed by atoms with Crippen LogP contribution in [-0.2, 0) is 4.74 Å². The Hall–Kier alpha value is 0.107. The van der Waals surface area contributed by atoms with E-state index in [9.17, 15) is 0 Å². The zero-order chi connectivity index (χ0) is 10.1. The molecule has 0 aliphatic carbocycles. The van der Waals surface area contributed by atoms with Gasteiger partial charge in [0.1, 0.15) is 0 Å². The van der Waals surface area contributed by atoms with E-state index in [1.807, 2.05) is 6.92 Å². The maximum Gasteiger partial charge on any atom is 0.157 e. The minimum Gasteiger partial charge on any atom is -0.484 e. The monoisotopic (exact) mass is 215 g/mol. The molecular formula is C10H19OSSi. The third-order valence-corrected chi connectivity index (χ3v) is 2.36. The molecule has 1 nitrogen and oxygen atoms in total. The molecular weight excluding hydrogens is 196 g/mol. The highest BCUT2D eigenvalue weighted by Gasteiger charge is 2.08. The number of hydrogen-bond acceptors (Lipinski definition) is 2. The summed E-state index contributed by atoms with van der Waals surface area (Å²) in [6, 6.07) is 1.04. The second-order valence-corrected chi connectivity index (χ2v) is 4.34. The van der Waals surface area contributed by atoms with E-state index in [1.54, 1.807) is 0 Å². The Morgan fingerprint density at radius 3 is 2.46 bits per heavy atom. The number of rotatable bonds is 7. The maximum atomic E-state index is 5.56. The van der Waals surface area contributed by atoms with Gasteiger partial charge in [0.2, 0.25) is 0 Å². The van der Waals surface area contributed by atoms with Crippen molar-refractivity contribution in [1.29, 1.82) is 0 Å². The summed E-state index contributed by atoms with van der Waals surface area (Å²) in [6.07, 6.45) is 6.20. The summed E-state index contributed by atoms with van der Waals surface area (Å²) in [7, 11) is 3.47. The van der Waals surface area contributed by atoms with Crippen LogP contribution in [0.3, 0.4) is 0 Å². The normalized spacial score (nSPS) is 12.5. The molecule has 0 fully saturated rings. The molecule has 1 atom stereocenters. The molecule has 13 heavy (non-hydrogen) atoms. The zero-order valence-electron chi connectivity index (χ0n) is 8.64. The Labute approximate surface area is 90.7 Å². The topological polar surface area (TPSA) is 9.23 Å². The first kappa shape index (κ1) is 13.1. The van der Waals surface area contributed by atoms with Crippen LogP contribution >= 0.6 is 12.2 Å². The number of hydrogen-bond donors (Lipinski definition) is 0. The van der Waals surface area contributed by atoms with Gasteiger partial charge < -0.3 is 4.74 Å². The second-order valence-electron chi connectivity index (χ2n) is 3.27. The highest BCUT2D eigenvalue weighted by molar-refractivity contribution is 7.80. The second kappa shape index (κ2) is 8.69. The standard InChI is InChI=1S/C10H19OSSi/c1-3-4-6-10(7-5-8-13)11-9(2)12/h10H,3-8H2,1-2H3. The van der Waals surface area contributed by atoms with E-state index in [2.05, 4.69) is 17.2 Å². The average Bonchev–Trinajstić information content (AvgIpc) is 2.09. The number of ether oxygens (including phenoxy) is 1. The van der Waals surface area contributed by atoms with Crippen molar-refractivity contribution in [2.24, 2.45) is 0 Å². The van der Waals surface area contributed by atoms with Crippen molar-refractivity contribution in [1.82, 2.24) is 0 Å². The fraction of sp³-hybridized carbons (Fsp3) is 0.900. The van der Waals surface area contributed by atoms with Crippen LogP contribution in [0.2, 0.25) is 6.04 Å². The minimum absolute atomic E-state index is 0.341. The van der Waals surface area contributed by atoms with Crippen molar-refractivity contribution in [2.75, 3.05) is 0 Å². The molecule has 1 unspecified atom stereocenters. The van der Waals surface area contributed by atoms with Gasteiger partial charge in [-0.05, 0) is 25.1 Å². The molecule has 0 spiro atoms. The summed E-state index contributed by atoms with van der Waals surface area (Å²) < 4.78 is 5.56. The molecule has 0 saturated heterocycles. The molecule has 0 bridgehead atoms. The Bertz CT molecular complexity index is 131. The average molecular weight is 215 g/mol. The van der Waals surface area contributed by atoms with E-state index in [4.69, 9.17) is 17.0 Å². The lowest BCUT2D eigenvalue weighted by atomic mass is 10.1. The summed E-state index contributed by atoms with van der Waals surface area (Å²) in [5.41, 5.74) is 0. The van der Waals surface area contributed by atoms with Crippen molar-refractivity contribution >= 4 is 27.5 Å². The minimum atomic E-state index is 0.341. The maximum absolute atomic E-state index is 5.56. The van der Waals surface area contributed by atoms with Gasteiger partial charge in [0, 0.05) is 17.2 Å². The van der Waals surface area contributed by atoms with E-state index in [0.29, 0.717) is 11.2 Å². The summed E-state index contributed by atoms with van der Waals surface area (Å²) in [4.78, 5) is 0. The molecule has 3 radical (unpaired) electrons. The van der Waals surface area contributed by atoms with Crippen LogP contribution < -0.4 is 0 Å². The van der Waals surface area contributed by atoms with Crippen LogP contribution in [0.25, 0.3) is 0 Å². The highest BCUT2D eigenvalue weighted by Crippen LogP contribution is 2.12. The van der Waals surface area contributed by atoms with Crippen LogP contribution in [0, 0.1) is 0 Å². The van der Waals surface area contributed by atoms with E-state index in [1.165, 1.54) is 12.8 Å². The quantitative estimate of drug-likeness (QED) is 0.476. The van der Waals surface area contributed by atoms with Crippen LogP contribution in [0.4, 0.5) is 0 Å². The largest absolute Gasteiger partial charge is 0.484 e.